The average Bonchev–Trinajstić information content (AvgIpc) is 2.93. The molecule has 2 aromatic carbocycles. The summed E-state index contributed by atoms with van der Waals surface area (Å²) in [5, 5.41) is 17.9. The number of hydrogen-bond acceptors (Lipinski definition) is 6. The van der Waals surface area contributed by atoms with Crippen LogP contribution in [0.1, 0.15) is 44.4 Å². The fourth-order valence-electron chi connectivity index (χ4n) is 2.61. The number of Topliss-reactive ketones (excluding diaryl/α,β-unsaturated/α-hetero) is 1. The molecule has 0 saturated heterocycles. The van der Waals surface area contributed by atoms with E-state index >= 15 is 0 Å². The molecule has 8 heteroatoms. The molecule has 0 fully saturated rings. The minimum absolute atomic E-state index is 0.130. The lowest BCUT2D eigenvalue weighted by Gasteiger charge is -2.08. The molecule has 28 heavy (non-hydrogen) atoms. The number of methoxy groups -OCH3 is 1. The highest BCUT2D eigenvalue weighted by Gasteiger charge is 2.34. The Kier molecular flexibility index (Phi) is 6.62. The number of carboxylic acid groups (broad SMARTS) is 1. The van der Waals surface area contributed by atoms with Crippen LogP contribution in [0.5, 0.6) is 5.75 Å². The Morgan fingerprint density at radius 3 is 1.89 bits per heavy atom. The number of nitrogens with zero attached hydrogens (tertiary/aromatic N) is 1. The maximum atomic E-state index is 11.8. The maximum absolute atomic E-state index is 11.8. The maximum Gasteiger partial charge on any atom is 0.314 e. The molecular weight excluding hydrogens is 366 g/mol. The number of fused-ring (bicyclic) bond motifs is 1. The highest BCUT2D eigenvalue weighted by Crippen LogP contribution is 2.20. The standard InChI is InChI=1S/C12H14O4.C8H5NO3/c1-3-10(12(14)15)11(13)8-4-6-9(16-2)7-5-8;10-7-5-3-1-2-4-6(5)8(11)9(7)12/h4-7,10H,3H2,1-2H3,(H,14,15);1-4,12H. The van der Waals surface area contributed by atoms with Gasteiger partial charge in [-0.05, 0) is 42.8 Å². The Morgan fingerprint density at radius 1 is 1.00 bits per heavy atom. The van der Waals surface area contributed by atoms with Crippen LogP contribution in [0.4, 0.5) is 0 Å². The number of benzene rings is 2. The molecule has 0 radical (unpaired) electrons. The van der Waals surface area contributed by atoms with Crippen molar-refractivity contribution in [3.63, 3.8) is 0 Å². The van der Waals surface area contributed by atoms with E-state index in [0.717, 1.165) is 0 Å². The predicted molar refractivity (Wildman–Crippen MR) is 97.5 cm³/mol. The van der Waals surface area contributed by atoms with E-state index in [1.807, 2.05) is 0 Å². The highest BCUT2D eigenvalue weighted by atomic mass is 16.5. The van der Waals surface area contributed by atoms with Crippen LogP contribution >= 0.6 is 0 Å². The summed E-state index contributed by atoms with van der Waals surface area (Å²) in [7, 11) is 1.53. The lowest BCUT2D eigenvalue weighted by Crippen LogP contribution is -2.25. The zero-order valence-electron chi connectivity index (χ0n) is 15.3. The molecule has 1 heterocycles. The van der Waals surface area contributed by atoms with E-state index in [1.165, 1.54) is 19.2 Å². The second-order valence-corrected chi connectivity index (χ2v) is 5.86. The van der Waals surface area contributed by atoms with Gasteiger partial charge in [0.1, 0.15) is 11.7 Å². The largest absolute Gasteiger partial charge is 0.497 e. The first-order valence-corrected chi connectivity index (χ1v) is 8.39. The first-order chi connectivity index (χ1) is 13.3. The van der Waals surface area contributed by atoms with Crippen molar-refractivity contribution in [3.8, 4) is 5.75 Å². The van der Waals surface area contributed by atoms with E-state index in [0.29, 0.717) is 17.7 Å². The summed E-state index contributed by atoms with van der Waals surface area (Å²) < 4.78 is 4.96. The first kappa shape index (κ1) is 20.8. The number of rotatable bonds is 5. The van der Waals surface area contributed by atoms with Crippen LogP contribution in [-0.2, 0) is 4.79 Å². The van der Waals surface area contributed by atoms with E-state index in [-0.39, 0.29) is 22.0 Å². The number of ketones is 1. The van der Waals surface area contributed by atoms with Crippen molar-refractivity contribution in [1.29, 1.82) is 0 Å². The molecule has 3 rings (SSSR count). The minimum atomic E-state index is -1.08. The van der Waals surface area contributed by atoms with Crippen LogP contribution in [0, 0.1) is 5.92 Å². The van der Waals surface area contributed by atoms with Crippen molar-refractivity contribution in [2.45, 2.75) is 13.3 Å². The average molecular weight is 385 g/mol. The van der Waals surface area contributed by atoms with Gasteiger partial charge in [-0.1, -0.05) is 19.1 Å². The Hall–Kier alpha value is -3.52. The van der Waals surface area contributed by atoms with Crippen LogP contribution in [-0.4, -0.2) is 46.1 Å². The summed E-state index contributed by atoms with van der Waals surface area (Å²) in [6.07, 6.45) is 0.292. The highest BCUT2D eigenvalue weighted by molar-refractivity contribution is 6.20. The Morgan fingerprint density at radius 2 is 1.50 bits per heavy atom. The Balaban J connectivity index is 0.000000207. The number of hydrogen-bond donors (Lipinski definition) is 2. The summed E-state index contributed by atoms with van der Waals surface area (Å²) in [4.78, 5) is 44.7. The van der Waals surface area contributed by atoms with Crippen molar-refractivity contribution < 1.29 is 34.2 Å². The number of carboxylic acids is 1. The number of carbonyl (C=O) groups is 4. The number of amides is 2. The van der Waals surface area contributed by atoms with Crippen molar-refractivity contribution in [2.24, 2.45) is 5.92 Å². The second-order valence-electron chi connectivity index (χ2n) is 5.86. The van der Waals surface area contributed by atoms with Gasteiger partial charge in [-0.3, -0.25) is 24.4 Å². The summed E-state index contributed by atoms with van der Waals surface area (Å²) in [5.41, 5.74) is 0.907. The molecule has 0 bridgehead atoms. The Bertz CT molecular complexity index is 870. The van der Waals surface area contributed by atoms with Gasteiger partial charge in [-0.2, -0.15) is 0 Å². The lowest BCUT2D eigenvalue weighted by atomic mass is 9.95. The Labute approximate surface area is 160 Å². The topological polar surface area (TPSA) is 121 Å². The van der Waals surface area contributed by atoms with Crippen molar-refractivity contribution >= 4 is 23.6 Å². The molecule has 0 spiro atoms. The minimum Gasteiger partial charge on any atom is -0.497 e. The van der Waals surface area contributed by atoms with Crippen LogP contribution in [0.2, 0.25) is 0 Å². The quantitative estimate of drug-likeness (QED) is 0.351. The molecule has 1 aliphatic heterocycles. The van der Waals surface area contributed by atoms with Gasteiger partial charge in [-0.15, -0.1) is 5.06 Å². The monoisotopic (exact) mass is 385 g/mol. The molecule has 8 nitrogen and oxygen atoms in total. The van der Waals surface area contributed by atoms with Gasteiger partial charge in [0.25, 0.3) is 11.8 Å². The zero-order valence-corrected chi connectivity index (χ0v) is 15.3. The molecular formula is C20H19NO7. The van der Waals surface area contributed by atoms with E-state index in [2.05, 4.69) is 0 Å². The molecule has 2 amide bonds. The summed E-state index contributed by atoms with van der Waals surface area (Å²) in [5.74, 6) is -3.08. The van der Waals surface area contributed by atoms with Crippen LogP contribution in [0.25, 0.3) is 0 Å². The fourth-order valence-corrected chi connectivity index (χ4v) is 2.61. The van der Waals surface area contributed by atoms with Crippen LogP contribution in [0.15, 0.2) is 48.5 Å². The van der Waals surface area contributed by atoms with Gasteiger partial charge in [0, 0.05) is 5.56 Å². The van der Waals surface area contributed by atoms with Gasteiger partial charge in [0.2, 0.25) is 0 Å². The number of imide groups is 1. The number of aliphatic carboxylic acids is 1. The van der Waals surface area contributed by atoms with Gasteiger partial charge < -0.3 is 9.84 Å². The van der Waals surface area contributed by atoms with Gasteiger partial charge in [-0.25, -0.2) is 0 Å². The van der Waals surface area contributed by atoms with Crippen LogP contribution < -0.4 is 4.74 Å². The van der Waals surface area contributed by atoms with Crippen molar-refractivity contribution in [2.75, 3.05) is 7.11 Å². The van der Waals surface area contributed by atoms with Crippen molar-refractivity contribution in [3.05, 3.63) is 65.2 Å². The third kappa shape index (κ3) is 4.24. The molecule has 0 saturated carbocycles. The van der Waals surface area contributed by atoms with Gasteiger partial charge in [0.05, 0.1) is 18.2 Å². The fraction of sp³-hybridized carbons (Fsp3) is 0.200. The van der Waals surface area contributed by atoms with E-state index in [9.17, 15) is 19.2 Å². The summed E-state index contributed by atoms with van der Waals surface area (Å²) in [6.45, 7) is 1.68. The van der Waals surface area contributed by atoms with E-state index < -0.39 is 23.7 Å². The molecule has 1 aliphatic rings. The molecule has 2 N–H and O–H groups in total. The number of carbonyl (C=O) groups excluding carboxylic acids is 3. The van der Waals surface area contributed by atoms with Crippen molar-refractivity contribution in [1.82, 2.24) is 5.06 Å². The van der Waals surface area contributed by atoms with Gasteiger partial charge >= 0.3 is 5.97 Å². The first-order valence-electron chi connectivity index (χ1n) is 8.39. The number of ether oxygens (including phenoxy) is 1. The summed E-state index contributed by atoms with van der Waals surface area (Å²) >= 11 is 0. The molecule has 0 aromatic heterocycles. The molecule has 1 unspecified atom stereocenters. The second kappa shape index (κ2) is 8.92. The van der Waals surface area contributed by atoms with E-state index in [4.69, 9.17) is 15.1 Å². The molecule has 1 atom stereocenters. The third-order valence-electron chi connectivity index (χ3n) is 4.17. The molecule has 2 aromatic rings. The van der Waals surface area contributed by atoms with Crippen LogP contribution in [0.3, 0.4) is 0 Å². The predicted octanol–water partition coefficient (Wildman–Crippen LogP) is 2.66. The normalized spacial score (nSPS) is 13.3. The lowest BCUT2D eigenvalue weighted by molar-refractivity contribution is -0.140. The molecule has 146 valence electrons. The SMILES string of the molecule is CCC(C(=O)O)C(=O)c1ccc(OC)cc1.O=C1c2ccccc2C(=O)N1O. The summed E-state index contributed by atoms with van der Waals surface area (Å²) in [6, 6.07) is 12.7. The van der Waals surface area contributed by atoms with E-state index in [1.54, 1.807) is 43.3 Å². The zero-order chi connectivity index (χ0) is 20.8. The third-order valence-corrected chi connectivity index (χ3v) is 4.17. The van der Waals surface area contributed by atoms with Gasteiger partial charge in [0.15, 0.2) is 5.78 Å². The number of hydroxylamine groups is 2. The molecule has 0 aliphatic carbocycles. The smallest absolute Gasteiger partial charge is 0.314 e.